The molecule has 1 aromatic carbocycles. The molecule has 5 nitrogen and oxygen atoms in total. The van der Waals surface area contributed by atoms with E-state index >= 15 is 0 Å². The van der Waals surface area contributed by atoms with Crippen LogP contribution in [0.5, 0.6) is 0 Å². The van der Waals surface area contributed by atoms with E-state index in [9.17, 15) is 4.79 Å². The van der Waals surface area contributed by atoms with Crippen LogP contribution in [0.3, 0.4) is 0 Å². The van der Waals surface area contributed by atoms with Crippen molar-refractivity contribution in [2.45, 2.75) is 0 Å². The molecule has 0 radical (unpaired) electrons. The van der Waals surface area contributed by atoms with Gasteiger partial charge in [0.25, 0.3) is 0 Å². The van der Waals surface area contributed by atoms with Crippen molar-refractivity contribution in [3.05, 3.63) is 28.2 Å². The van der Waals surface area contributed by atoms with Gasteiger partial charge in [0, 0.05) is 22.3 Å². The lowest BCUT2D eigenvalue weighted by atomic mass is 10.2. The van der Waals surface area contributed by atoms with Crippen molar-refractivity contribution in [1.82, 2.24) is 0 Å². The second-order valence-corrected chi connectivity index (χ2v) is 4.50. The highest BCUT2D eigenvalue weighted by Crippen LogP contribution is 2.20. The number of hydrogen-bond acceptors (Lipinski definition) is 4. The predicted molar refractivity (Wildman–Crippen MR) is 74.1 cm³/mol. The molecule has 0 saturated heterocycles. The van der Waals surface area contributed by atoms with Crippen LogP contribution in [0.2, 0.25) is 0 Å². The predicted octanol–water partition coefficient (Wildman–Crippen LogP) is 1.59. The number of primary amides is 1. The van der Waals surface area contributed by atoms with E-state index in [0.29, 0.717) is 11.5 Å². The van der Waals surface area contributed by atoms with Gasteiger partial charge in [0.15, 0.2) is 0 Å². The molecule has 0 saturated carbocycles. The van der Waals surface area contributed by atoms with Gasteiger partial charge in [-0.25, -0.2) is 4.79 Å². The van der Waals surface area contributed by atoms with E-state index < -0.39 is 6.09 Å². The van der Waals surface area contributed by atoms with Gasteiger partial charge >= 0.3 is 6.09 Å². The van der Waals surface area contributed by atoms with E-state index in [2.05, 4.69) is 26.0 Å². The van der Waals surface area contributed by atoms with Crippen molar-refractivity contribution in [3.63, 3.8) is 0 Å². The third kappa shape index (κ3) is 4.58. The molecule has 1 amide bonds. The van der Waals surface area contributed by atoms with Crippen LogP contribution < -0.4 is 16.8 Å². The first-order valence-corrected chi connectivity index (χ1v) is 5.96. The number of hydrogen-bond donors (Lipinski definition) is 3. The van der Waals surface area contributed by atoms with Gasteiger partial charge in [0.1, 0.15) is 11.6 Å². The number of amides is 1. The first-order chi connectivity index (χ1) is 8.00. The molecule has 0 heterocycles. The topological polar surface area (TPSA) is 90.4 Å². The highest BCUT2D eigenvalue weighted by atomic mass is 79.9. The Morgan fingerprint density at radius 2 is 2.18 bits per heavy atom. The highest BCUT2D eigenvalue weighted by Gasteiger charge is 2.05. The fourth-order valence-electron chi connectivity index (χ4n) is 1.21. The van der Waals surface area contributed by atoms with Crippen LogP contribution in [0.1, 0.15) is 5.56 Å². The molecule has 0 fully saturated rings. The van der Waals surface area contributed by atoms with Gasteiger partial charge in [-0.2, -0.15) is 0 Å². The Kier molecular flexibility index (Phi) is 5.17. The average Bonchev–Trinajstić information content (AvgIpc) is 2.25. The minimum absolute atomic E-state index is 0.183. The maximum atomic E-state index is 10.4. The Bertz CT molecular complexity index is 440. The molecule has 0 aliphatic carbocycles. The maximum absolute atomic E-state index is 10.4. The molecule has 0 bridgehead atoms. The van der Waals surface area contributed by atoms with Crippen LogP contribution >= 0.6 is 28.1 Å². The van der Waals surface area contributed by atoms with Gasteiger partial charge < -0.3 is 21.5 Å². The second-order valence-electron chi connectivity index (χ2n) is 3.15. The number of anilines is 1. The van der Waals surface area contributed by atoms with E-state index in [-0.39, 0.29) is 6.61 Å². The largest absolute Gasteiger partial charge is 0.448 e. The fourth-order valence-corrected chi connectivity index (χ4v) is 1.74. The maximum Gasteiger partial charge on any atom is 0.404 e. The van der Waals surface area contributed by atoms with Crippen molar-refractivity contribution >= 4 is 44.9 Å². The normalized spacial score (nSPS) is 9.71. The van der Waals surface area contributed by atoms with Crippen LogP contribution in [-0.2, 0) is 4.74 Å². The number of nitrogens with two attached hydrogens (primary N) is 2. The number of ether oxygens (including phenoxy) is 1. The molecular formula is C10H12BrN3O2S. The number of benzene rings is 1. The second kappa shape index (κ2) is 6.41. The van der Waals surface area contributed by atoms with Crippen LogP contribution in [0.4, 0.5) is 10.5 Å². The summed E-state index contributed by atoms with van der Waals surface area (Å²) in [6.45, 7) is 0.613. The third-order valence-corrected chi connectivity index (χ3v) is 2.62. The standard InChI is InChI=1S/C10H12BrN3O2S/c11-6-1-2-8(7(5-6)9(12)17)14-3-4-16-10(13)15/h1-2,5,14H,3-4H2,(H2,12,17)(H2,13,15). The molecule has 1 rings (SSSR count). The molecule has 0 unspecified atom stereocenters. The van der Waals surface area contributed by atoms with Crippen molar-refractivity contribution in [1.29, 1.82) is 0 Å². The summed E-state index contributed by atoms with van der Waals surface area (Å²) >= 11 is 8.28. The Morgan fingerprint density at radius 1 is 1.47 bits per heavy atom. The molecule has 7 heteroatoms. The van der Waals surface area contributed by atoms with E-state index in [1.54, 1.807) is 0 Å². The first kappa shape index (κ1) is 13.7. The van der Waals surface area contributed by atoms with Crippen molar-refractivity contribution in [2.75, 3.05) is 18.5 Å². The number of halogens is 1. The SMILES string of the molecule is NC(=O)OCCNc1ccc(Br)cc1C(N)=S. The van der Waals surface area contributed by atoms with Crippen molar-refractivity contribution < 1.29 is 9.53 Å². The minimum Gasteiger partial charge on any atom is -0.448 e. The van der Waals surface area contributed by atoms with Gasteiger partial charge in [-0.3, -0.25) is 0 Å². The molecule has 0 aliphatic heterocycles. The first-order valence-electron chi connectivity index (χ1n) is 4.76. The Morgan fingerprint density at radius 3 is 2.76 bits per heavy atom. The highest BCUT2D eigenvalue weighted by molar-refractivity contribution is 9.10. The minimum atomic E-state index is -0.794. The molecule has 92 valence electrons. The number of carbonyl (C=O) groups is 1. The molecular weight excluding hydrogens is 306 g/mol. The number of rotatable bonds is 5. The summed E-state index contributed by atoms with van der Waals surface area (Å²) in [5.41, 5.74) is 12.0. The molecule has 0 aliphatic rings. The van der Waals surface area contributed by atoms with Crippen LogP contribution in [-0.4, -0.2) is 24.2 Å². The van der Waals surface area contributed by atoms with Gasteiger partial charge in [0.2, 0.25) is 0 Å². The summed E-state index contributed by atoms with van der Waals surface area (Å²) in [6.07, 6.45) is -0.794. The zero-order valence-electron chi connectivity index (χ0n) is 8.90. The van der Waals surface area contributed by atoms with E-state index in [4.69, 9.17) is 23.7 Å². The van der Waals surface area contributed by atoms with E-state index in [0.717, 1.165) is 15.7 Å². The zero-order chi connectivity index (χ0) is 12.8. The molecule has 17 heavy (non-hydrogen) atoms. The van der Waals surface area contributed by atoms with Crippen LogP contribution in [0.15, 0.2) is 22.7 Å². The summed E-state index contributed by atoms with van der Waals surface area (Å²) in [5.74, 6) is 0. The lowest BCUT2D eigenvalue weighted by molar-refractivity contribution is 0.161. The fraction of sp³-hybridized carbons (Fsp3) is 0.200. The average molecular weight is 318 g/mol. The summed E-state index contributed by atoms with van der Waals surface area (Å²) < 4.78 is 5.48. The quantitative estimate of drug-likeness (QED) is 0.566. The summed E-state index contributed by atoms with van der Waals surface area (Å²) in [5, 5.41) is 3.06. The van der Waals surface area contributed by atoms with Crippen molar-refractivity contribution in [2.24, 2.45) is 11.5 Å². The van der Waals surface area contributed by atoms with Gasteiger partial charge in [-0.05, 0) is 18.2 Å². The van der Waals surface area contributed by atoms with E-state index in [1.165, 1.54) is 0 Å². The number of nitrogens with one attached hydrogen (secondary N) is 1. The molecule has 5 N–H and O–H groups in total. The van der Waals surface area contributed by atoms with Crippen LogP contribution in [0, 0.1) is 0 Å². The molecule has 0 spiro atoms. The van der Waals surface area contributed by atoms with Crippen LogP contribution in [0.25, 0.3) is 0 Å². The Balaban J connectivity index is 2.64. The van der Waals surface area contributed by atoms with E-state index in [1.807, 2.05) is 18.2 Å². The Labute approximate surface area is 113 Å². The third-order valence-electron chi connectivity index (χ3n) is 1.91. The van der Waals surface area contributed by atoms with Crippen molar-refractivity contribution in [3.8, 4) is 0 Å². The summed E-state index contributed by atoms with van der Waals surface area (Å²) in [4.78, 5) is 10.7. The number of thiocarbonyl (C=S) groups is 1. The molecule has 0 atom stereocenters. The zero-order valence-corrected chi connectivity index (χ0v) is 11.3. The lowest BCUT2D eigenvalue weighted by Gasteiger charge is -2.11. The molecule has 1 aromatic rings. The molecule has 0 aromatic heterocycles. The van der Waals surface area contributed by atoms with Gasteiger partial charge in [-0.1, -0.05) is 28.1 Å². The monoisotopic (exact) mass is 317 g/mol. The van der Waals surface area contributed by atoms with Gasteiger partial charge in [-0.15, -0.1) is 0 Å². The lowest BCUT2D eigenvalue weighted by Crippen LogP contribution is -2.20. The summed E-state index contributed by atoms with van der Waals surface area (Å²) in [7, 11) is 0. The van der Waals surface area contributed by atoms with Gasteiger partial charge in [0.05, 0.1) is 0 Å². The Hall–Kier alpha value is -1.34. The summed E-state index contributed by atoms with van der Waals surface area (Å²) in [6, 6.07) is 5.52. The number of carbonyl (C=O) groups excluding carboxylic acids is 1. The smallest absolute Gasteiger partial charge is 0.404 e.